The van der Waals surface area contributed by atoms with Crippen LogP contribution in [0.15, 0.2) is 47.0 Å². The summed E-state index contributed by atoms with van der Waals surface area (Å²) in [5.74, 6) is 0.516. The van der Waals surface area contributed by atoms with E-state index in [-0.39, 0.29) is 5.82 Å². The molecule has 1 heterocycles. The van der Waals surface area contributed by atoms with E-state index < -0.39 is 0 Å². The fraction of sp³-hybridized carbons (Fsp3) is 0.409. The van der Waals surface area contributed by atoms with Crippen LogP contribution in [0.1, 0.15) is 32.1 Å². The monoisotopic (exact) mass is 368 g/mol. The van der Waals surface area contributed by atoms with Crippen molar-refractivity contribution in [3.05, 3.63) is 48.3 Å². The van der Waals surface area contributed by atoms with Crippen molar-refractivity contribution in [2.75, 3.05) is 20.2 Å². The second kappa shape index (κ2) is 8.09. The quantitative estimate of drug-likeness (QED) is 0.593. The largest absolute Gasteiger partial charge is 0.492 e. The van der Waals surface area contributed by atoms with Gasteiger partial charge in [0.15, 0.2) is 5.58 Å². The molecule has 4 nitrogen and oxygen atoms in total. The first-order valence-corrected chi connectivity index (χ1v) is 9.69. The van der Waals surface area contributed by atoms with Crippen LogP contribution in [0, 0.1) is 5.82 Å². The lowest BCUT2D eigenvalue weighted by Gasteiger charge is -2.31. The summed E-state index contributed by atoms with van der Waals surface area (Å²) in [7, 11) is 2.20. The molecule has 0 atom stereocenters. The summed E-state index contributed by atoms with van der Waals surface area (Å²) < 4.78 is 24.4. The van der Waals surface area contributed by atoms with Gasteiger partial charge in [-0.1, -0.05) is 24.4 Å². The molecule has 0 aliphatic heterocycles. The van der Waals surface area contributed by atoms with Crippen LogP contribution in [0.3, 0.4) is 0 Å². The summed E-state index contributed by atoms with van der Waals surface area (Å²) >= 11 is 0. The minimum absolute atomic E-state index is 0.327. The van der Waals surface area contributed by atoms with Gasteiger partial charge in [-0.15, -0.1) is 0 Å². The van der Waals surface area contributed by atoms with Crippen LogP contribution in [0.25, 0.3) is 22.2 Å². The number of rotatable bonds is 6. The molecule has 5 heteroatoms. The zero-order valence-corrected chi connectivity index (χ0v) is 15.7. The summed E-state index contributed by atoms with van der Waals surface area (Å²) in [5.41, 5.74) is 2.09. The van der Waals surface area contributed by atoms with Gasteiger partial charge in [0.1, 0.15) is 23.9 Å². The molecule has 0 amide bonds. The molecule has 3 aromatic rings. The Morgan fingerprint density at radius 1 is 1.11 bits per heavy atom. The van der Waals surface area contributed by atoms with E-state index in [2.05, 4.69) is 17.1 Å². The molecule has 0 unspecified atom stereocenters. The van der Waals surface area contributed by atoms with Crippen LogP contribution >= 0.6 is 0 Å². The zero-order chi connectivity index (χ0) is 18.6. The molecular formula is C22H25FN2O2. The highest BCUT2D eigenvalue weighted by Crippen LogP contribution is 2.29. The maximum atomic E-state index is 13.3. The standard InChI is InChI=1S/C22H25FN2O2/c1-25(18-5-3-2-4-6-18)13-14-26-19-10-7-16(8-11-19)22-20-12-9-17(23)15-21(20)27-24-22/h7-12,15,18H,2-6,13-14H2,1H3. The summed E-state index contributed by atoms with van der Waals surface area (Å²) in [5, 5.41) is 4.89. The van der Waals surface area contributed by atoms with E-state index in [1.165, 1.54) is 44.2 Å². The lowest BCUT2D eigenvalue weighted by atomic mass is 9.94. The Balaban J connectivity index is 1.36. The topological polar surface area (TPSA) is 38.5 Å². The summed E-state index contributed by atoms with van der Waals surface area (Å²) in [6.45, 7) is 1.62. The number of hydrogen-bond acceptors (Lipinski definition) is 4. The van der Waals surface area contributed by atoms with E-state index in [0.717, 1.165) is 23.2 Å². The van der Waals surface area contributed by atoms with Crippen molar-refractivity contribution in [3.63, 3.8) is 0 Å². The molecule has 27 heavy (non-hydrogen) atoms. The number of ether oxygens (including phenoxy) is 1. The van der Waals surface area contributed by atoms with Gasteiger partial charge in [0, 0.05) is 29.6 Å². The molecular weight excluding hydrogens is 343 g/mol. The fourth-order valence-corrected chi connectivity index (χ4v) is 3.84. The molecule has 1 saturated carbocycles. The van der Waals surface area contributed by atoms with E-state index >= 15 is 0 Å². The van der Waals surface area contributed by atoms with Gasteiger partial charge in [-0.3, -0.25) is 0 Å². The number of hydrogen-bond donors (Lipinski definition) is 0. The van der Waals surface area contributed by atoms with Crippen LogP contribution in [0.5, 0.6) is 5.75 Å². The maximum Gasteiger partial charge on any atom is 0.170 e. The number of fused-ring (bicyclic) bond motifs is 1. The molecule has 0 saturated heterocycles. The van der Waals surface area contributed by atoms with E-state index in [1.54, 1.807) is 6.07 Å². The van der Waals surface area contributed by atoms with Gasteiger partial charge in [-0.05, 0) is 56.3 Å². The van der Waals surface area contributed by atoms with E-state index in [4.69, 9.17) is 9.26 Å². The summed E-state index contributed by atoms with van der Waals surface area (Å²) in [6.07, 6.45) is 6.69. The van der Waals surface area contributed by atoms with Crippen molar-refractivity contribution in [1.29, 1.82) is 0 Å². The Kier molecular flexibility index (Phi) is 5.39. The second-order valence-corrected chi connectivity index (χ2v) is 7.32. The Morgan fingerprint density at radius 2 is 1.89 bits per heavy atom. The van der Waals surface area contributed by atoms with E-state index in [9.17, 15) is 4.39 Å². The second-order valence-electron chi connectivity index (χ2n) is 7.32. The fourth-order valence-electron chi connectivity index (χ4n) is 3.84. The van der Waals surface area contributed by atoms with Gasteiger partial charge in [0.05, 0.1) is 0 Å². The first-order valence-electron chi connectivity index (χ1n) is 9.69. The average Bonchev–Trinajstić information content (AvgIpc) is 3.12. The Bertz CT molecular complexity index is 885. The third kappa shape index (κ3) is 4.14. The van der Waals surface area contributed by atoms with Crippen LogP contribution in [-0.4, -0.2) is 36.3 Å². The Hall–Kier alpha value is -2.40. The zero-order valence-electron chi connectivity index (χ0n) is 15.7. The minimum atomic E-state index is -0.327. The van der Waals surface area contributed by atoms with Crippen LogP contribution in [0.2, 0.25) is 0 Å². The van der Waals surface area contributed by atoms with Gasteiger partial charge in [-0.25, -0.2) is 4.39 Å². The van der Waals surface area contributed by atoms with Crippen LogP contribution in [0.4, 0.5) is 4.39 Å². The predicted octanol–water partition coefficient (Wildman–Crippen LogP) is 5.28. The highest BCUT2D eigenvalue weighted by molar-refractivity contribution is 5.91. The van der Waals surface area contributed by atoms with E-state index in [0.29, 0.717) is 23.9 Å². The minimum Gasteiger partial charge on any atom is -0.492 e. The van der Waals surface area contributed by atoms with Crippen molar-refractivity contribution in [2.45, 2.75) is 38.1 Å². The normalized spacial score (nSPS) is 15.5. The lowest BCUT2D eigenvalue weighted by Crippen LogP contribution is -2.36. The van der Waals surface area contributed by atoms with Gasteiger partial charge in [-0.2, -0.15) is 0 Å². The maximum absolute atomic E-state index is 13.3. The molecule has 0 spiro atoms. The van der Waals surface area contributed by atoms with Crippen molar-refractivity contribution < 1.29 is 13.7 Å². The molecule has 4 rings (SSSR count). The first kappa shape index (κ1) is 18.0. The van der Waals surface area contributed by atoms with Crippen LogP contribution < -0.4 is 4.74 Å². The van der Waals surface area contributed by atoms with Crippen molar-refractivity contribution in [3.8, 4) is 17.0 Å². The molecule has 1 fully saturated rings. The highest BCUT2D eigenvalue weighted by Gasteiger charge is 2.17. The first-order chi connectivity index (χ1) is 13.2. The number of nitrogens with zero attached hydrogens (tertiary/aromatic N) is 2. The van der Waals surface area contributed by atoms with Crippen molar-refractivity contribution >= 4 is 11.0 Å². The van der Waals surface area contributed by atoms with Gasteiger partial charge < -0.3 is 14.2 Å². The molecule has 1 aromatic heterocycles. The molecule has 2 aromatic carbocycles. The van der Waals surface area contributed by atoms with Gasteiger partial charge >= 0.3 is 0 Å². The van der Waals surface area contributed by atoms with Crippen molar-refractivity contribution in [2.24, 2.45) is 0 Å². The molecule has 0 bridgehead atoms. The van der Waals surface area contributed by atoms with Gasteiger partial charge in [0.25, 0.3) is 0 Å². The van der Waals surface area contributed by atoms with Crippen LogP contribution in [-0.2, 0) is 0 Å². The number of halogens is 1. The number of aromatic nitrogens is 1. The number of benzene rings is 2. The molecule has 1 aliphatic carbocycles. The third-order valence-electron chi connectivity index (χ3n) is 5.47. The van der Waals surface area contributed by atoms with Crippen molar-refractivity contribution in [1.82, 2.24) is 10.1 Å². The molecule has 0 N–H and O–H groups in total. The highest BCUT2D eigenvalue weighted by atomic mass is 19.1. The molecule has 142 valence electrons. The van der Waals surface area contributed by atoms with E-state index in [1.807, 2.05) is 24.3 Å². The van der Waals surface area contributed by atoms with Gasteiger partial charge in [0.2, 0.25) is 0 Å². The Morgan fingerprint density at radius 3 is 2.67 bits per heavy atom. The average molecular weight is 368 g/mol. The third-order valence-corrected chi connectivity index (χ3v) is 5.47. The SMILES string of the molecule is CN(CCOc1ccc(-c2noc3cc(F)ccc23)cc1)C1CCCCC1. The molecule has 0 radical (unpaired) electrons. The summed E-state index contributed by atoms with van der Waals surface area (Å²) in [6, 6.07) is 13.0. The summed E-state index contributed by atoms with van der Waals surface area (Å²) in [4.78, 5) is 2.42. The predicted molar refractivity (Wildman–Crippen MR) is 104 cm³/mol. The number of likely N-dealkylation sites (N-methyl/N-ethyl adjacent to an activating group) is 1. The lowest BCUT2D eigenvalue weighted by molar-refractivity contribution is 0.160. The smallest absolute Gasteiger partial charge is 0.170 e. The molecule has 1 aliphatic rings. The Labute approximate surface area is 158 Å².